The molecule has 0 aliphatic rings. The molecule has 1 amide bonds. The van der Waals surface area contributed by atoms with Crippen molar-refractivity contribution in [3.8, 4) is 0 Å². The second kappa shape index (κ2) is 12.1. The number of hydrogen-bond donors (Lipinski definition) is 5. The number of nitrogens with two attached hydrogens (primary N) is 2. The topological polar surface area (TPSA) is 182 Å². The number of carbonyl (C=O) groups excluding carboxylic acids is 2. The van der Waals surface area contributed by atoms with Gasteiger partial charge in [0.05, 0.1) is 5.52 Å². The first-order valence-electron chi connectivity index (χ1n) is 10.3. The maximum absolute atomic E-state index is 12.4. The number of carbonyl (C=O) groups is 3. The van der Waals surface area contributed by atoms with Gasteiger partial charge in [-0.3, -0.25) is 9.59 Å². The zero-order chi connectivity index (χ0) is 25.3. The van der Waals surface area contributed by atoms with Crippen molar-refractivity contribution in [1.82, 2.24) is 15.3 Å². The van der Waals surface area contributed by atoms with Gasteiger partial charge in [0.25, 0.3) is 5.91 Å². The average Bonchev–Trinajstić information content (AvgIpc) is 2.83. The second-order valence-electron chi connectivity index (χ2n) is 7.36. The molecule has 3 rings (SSSR count). The molecule has 34 heavy (non-hydrogen) atoms. The van der Waals surface area contributed by atoms with E-state index in [1.54, 1.807) is 12.1 Å². The molecular weight excluding hydrogens is 438 g/mol. The van der Waals surface area contributed by atoms with Crippen LogP contribution in [0.25, 0.3) is 10.9 Å². The van der Waals surface area contributed by atoms with E-state index in [0.717, 1.165) is 36.5 Å². The fraction of sp³-hybridized carbons (Fsp3) is 0.208. The van der Waals surface area contributed by atoms with Gasteiger partial charge in [0, 0.05) is 24.5 Å². The molecule has 10 nitrogen and oxygen atoms in total. The Morgan fingerprint density at radius 1 is 1.06 bits per heavy atom. The standard InChI is InChI=1S/C23H23N5O4.CH4O/c1-13(12-29)10-19(22(31)32)26-21(30)16-7-4-14(5-8-16)2-3-15-6-9-18-17(11-15)20(24)28-23(25)27-18;1-2/h4-9,11-12,19H,1-3,10H2,(H,26,30)(H,31,32)(H4,24,25,27,28);2H,1H3. The van der Waals surface area contributed by atoms with Gasteiger partial charge in [0.2, 0.25) is 5.95 Å². The maximum atomic E-state index is 12.4. The van der Waals surface area contributed by atoms with Gasteiger partial charge in [0.1, 0.15) is 18.1 Å². The third kappa shape index (κ3) is 6.84. The molecule has 0 aliphatic carbocycles. The van der Waals surface area contributed by atoms with Crippen LogP contribution >= 0.6 is 0 Å². The minimum absolute atomic E-state index is 0.0959. The number of amides is 1. The average molecular weight is 466 g/mol. The van der Waals surface area contributed by atoms with Gasteiger partial charge in [-0.15, -0.1) is 0 Å². The monoisotopic (exact) mass is 465 g/mol. The van der Waals surface area contributed by atoms with Crippen LogP contribution in [0.4, 0.5) is 11.8 Å². The molecule has 10 heteroatoms. The Kier molecular flexibility index (Phi) is 9.21. The van der Waals surface area contributed by atoms with E-state index in [0.29, 0.717) is 23.2 Å². The predicted octanol–water partition coefficient (Wildman–Crippen LogP) is 1.52. The summed E-state index contributed by atoms with van der Waals surface area (Å²) in [5.74, 6) is -1.30. The Balaban J connectivity index is 0.00000199. The number of benzene rings is 2. The van der Waals surface area contributed by atoms with E-state index in [2.05, 4.69) is 21.9 Å². The molecule has 7 N–H and O–H groups in total. The van der Waals surface area contributed by atoms with Crippen LogP contribution in [-0.2, 0) is 22.4 Å². The second-order valence-corrected chi connectivity index (χ2v) is 7.36. The highest BCUT2D eigenvalue weighted by molar-refractivity contribution is 5.97. The normalized spacial score (nSPS) is 11.1. The van der Waals surface area contributed by atoms with Gasteiger partial charge in [-0.05, 0) is 53.8 Å². The quantitative estimate of drug-likeness (QED) is 0.231. The lowest BCUT2D eigenvalue weighted by Gasteiger charge is -2.14. The number of nitrogens with zero attached hydrogens (tertiary/aromatic N) is 2. The minimum Gasteiger partial charge on any atom is -0.480 e. The van der Waals surface area contributed by atoms with Crippen LogP contribution in [-0.4, -0.2) is 51.5 Å². The molecule has 1 atom stereocenters. The van der Waals surface area contributed by atoms with Crippen molar-refractivity contribution in [2.24, 2.45) is 0 Å². The highest BCUT2D eigenvalue weighted by atomic mass is 16.4. The molecule has 0 spiro atoms. The lowest BCUT2D eigenvalue weighted by Crippen LogP contribution is -2.41. The highest BCUT2D eigenvalue weighted by Gasteiger charge is 2.21. The minimum atomic E-state index is -1.23. The van der Waals surface area contributed by atoms with E-state index in [4.69, 9.17) is 16.6 Å². The van der Waals surface area contributed by atoms with Crippen LogP contribution in [0.15, 0.2) is 54.6 Å². The fourth-order valence-corrected chi connectivity index (χ4v) is 3.24. The van der Waals surface area contributed by atoms with Crippen molar-refractivity contribution >= 4 is 40.8 Å². The number of hydrogen-bond acceptors (Lipinski definition) is 8. The molecule has 0 bridgehead atoms. The number of anilines is 2. The van der Waals surface area contributed by atoms with E-state index >= 15 is 0 Å². The van der Waals surface area contributed by atoms with Crippen molar-refractivity contribution < 1.29 is 24.6 Å². The van der Waals surface area contributed by atoms with Gasteiger partial charge in [-0.25, -0.2) is 9.78 Å². The molecule has 0 saturated carbocycles. The number of aliphatic hydroxyl groups excluding tert-OH is 1. The zero-order valence-electron chi connectivity index (χ0n) is 18.7. The molecule has 1 aromatic heterocycles. The molecule has 1 heterocycles. The summed E-state index contributed by atoms with van der Waals surface area (Å²) in [5, 5.41) is 19.4. The Bertz CT molecular complexity index is 1190. The summed E-state index contributed by atoms with van der Waals surface area (Å²) in [6.07, 6.45) is 1.78. The smallest absolute Gasteiger partial charge is 0.326 e. The number of aldehydes is 1. The number of nitrogen functional groups attached to an aromatic ring is 2. The van der Waals surface area contributed by atoms with Crippen LogP contribution in [0.5, 0.6) is 0 Å². The van der Waals surface area contributed by atoms with Crippen LogP contribution in [0.2, 0.25) is 0 Å². The number of aliphatic carboxylic acids is 1. The van der Waals surface area contributed by atoms with Crippen molar-refractivity contribution in [3.05, 3.63) is 71.3 Å². The third-order valence-corrected chi connectivity index (χ3v) is 4.96. The van der Waals surface area contributed by atoms with E-state index in [1.807, 2.05) is 30.3 Å². The fourth-order valence-electron chi connectivity index (χ4n) is 3.24. The van der Waals surface area contributed by atoms with Gasteiger partial charge in [-0.2, -0.15) is 4.98 Å². The van der Waals surface area contributed by atoms with E-state index < -0.39 is 17.9 Å². The number of rotatable bonds is 9. The molecule has 1 unspecified atom stereocenters. The van der Waals surface area contributed by atoms with Gasteiger partial charge < -0.3 is 27.0 Å². The molecule has 0 saturated heterocycles. The summed E-state index contributed by atoms with van der Waals surface area (Å²) < 4.78 is 0. The molecular formula is C24H27N5O5. The zero-order valence-corrected chi connectivity index (χ0v) is 18.7. The molecule has 0 aliphatic heterocycles. The Hall–Kier alpha value is -4.31. The summed E-state index contributed by atoms with van der Waals surface area (Å²) in [7, 11) is 1.00. The van der Waals surface area contributed by atoms with Crippen LogP contribution in [0, 0.1) is 0 Å². The number of aliphatic hydroxyl groups is 1. The molecule has 3 aromatic rings. The number of aromatic nitrogens is 2. The van der Waals surface area contributed by atoms with Crippen LogP contribution < -0.4 is 16.8 Å². The Labute approximate surface area is 196 Å². The number of aryl methyl sites for hydroxylation is 2. The number of fused-ring (bicyclic) bond motifs is 1. The highest BCUT2D eigenvalue weighted by Crippen LogP contribution is 2.21. The Morgan fingerprint density at radius 3 is 2.29 bits per heavy atom. The molecule has 2 aromatic carbocycles. The summed E-state index contributed by atoms with van der Waals surface area (Å²) in [6.45, 7) is 3.46. The van der Waals surface area contributed by atoms with E-state index in [9.17, 15) is 19.5 Å². The third-order valence-electron chi connectivity index (χ3n) is 4.96. The number of carboxylic acids is 1. The molecule has 178 valence electrons. The first-order chi connectivity index (χ1) is 16.3. The first-order valence-corrected chi connectivity index (χ1v) is 10.3. The summed E-state index contributed by atoms with van der Waals surface area (Å²) >= 11 is 0. The van der Waals surface area contributed by atoms with Gasteiger partial charge in [-0.1, -0.05) is 24.8 Å². The first kappa shape index (κ1) is 25.9. The van der Waals surface area contributed by atoms with E-state index in [-0.39, 0.29) is 17.9 Å². The Morgan fingerprint density at radius 2 is 1.68 bits per heavy atom. The summed E-state index contributed by atoms with van der Waals surface area (Å²) in [6, 6.07) is 11.4. The van der Waals surface area contributed by atoms with Crippen LogP contribution in [0.3, 0.4) is 0 Å². The maximum Gasteiger partial charge on any atom is 0.326 e. The lowest BCUT2D eigenvalue weighted by molar-refractivity contribution is -0.139. The van der Waals surface area contributed by atoms with Gasteiger partial charge in [0.15, 0.2) is 0 Å². The van der Waals surface area contributed by atoms with Gasteiger partial charge >= 0.3 is 5.97 Å². The van der Waals surface area contributed by atoms with Crippen molar-refractivity contribution in [3.63, 3.8) is 0 Å². The summed E-state index contributed by atoms with van der Waals surface area (Å²) in [4.78, 5) is 42.5. The van der Waals surface area contributed by atoms with Crippen LogP contribution in [0.1, 0.15) is 27.9 Å². The predicted molar refractivity (Wildman–Crippen MR) is 129 cm³/mol. The van der Waals surface area contributed by atoms with Crippen molar-refractivity contribution in [2.75, 3.05) is 18.6 Å². The number of nitrogens with one attached hydrogen (secondary N) is 1. The van der Waals surface area contributed by atoms with Crippen molar-refractivity contribution in [1.29, 1.82) is 0 Å². The van der Waals surface area contributed by atoms with Crippen molar-refractivity contribution in [2.45, 2.75) is 25.3 Å². The SMILES string of the molecule is C=C(C=O)CC(NC(=O)c1ccc(CCc2ccc3nc(N)nc(N)c3c2)cc1)C(=O)O.CO. The largest absolute Gasteiger partial charge is 0.480 e. The number of carboxylic acid groups (broad SMARTS) is 1. The summed E-state index contributed by atoms with van der Waals surface area (Å²) in [5.41, 5.74) is 14.7. The van der Waals surface area contributed by atoms with E-state index in [1.165, 1.54) is 0 Å². The molecule has 0 radical (unpaired) electrons. The molecule has 0 fully saturated rings. The lowest BCUT2D eigenvalue weighted by atomic mass is 10.0.